The van der Waals surface area contributed by atoms with Crippen molar-refractivity contribution in [3.63, 3.8) is 0 Å². The van der Waals surface area contributed by atoms with Gasteiger partial charge >= 0.3 is 7.12 Å². The minimum absolute atomic E-state index is 0.266. The van der Waals surface area contributed by atoms with Gasteiger partial charge in [0.1, 0.15) is 22.3 Å². The fourth-order valence-electron chi connectivity index (χ4n) is 17.5. The molecule has 18 aromatic rings. The van der Waals surface area contributed by atoms with E-state index in [0.29, 0.717) is 5.92 Å². The number of aromatic nitrogens is 2. The highest BCUT2D eigenvalue weighted by atomic mass is 79.9. The number of benzene rings is 14. The smallest absolute Gasteiger partial charge is 0.455 e. The fraction of sp³-hybridized carbons (Fsp3) is 0.0851. The van der Waals surface area contributed by atoms with Crippen LogP contribution in [0, 0.1) is 0 Å². The lowest BCUT2D eigenvalue weighted by Crippen LogP contribution is -2.41. The second-order valence-corrected chi connectivity index (χ2v) is 29.7. The third-order valence-electron chi connectivity index (χ3n) is 22.8. The summed E-state index contributed by atoms with van der Waals surface area (Å²) >= 11 is 3.73. The first-order valence-electron chi connectivity index (χ1n) is 35.2. The molecule has 4 aliphatic carbocycles. The van der Waals surface area contributed by atoms with Crippen molar-refractivity contribution in [1.29, 1.82) is 0 Å². The lowest BCUT2D eigenvalue weighted by Gasteiger charge is -2.32. The number of hydrogen-bond acceptors (Lipinski definition) is 6. The number of hydrogen-bond donors (Lipinski definition) is 0. The summed E-state index contributed by atoms with van der Waals surface area (Å²) < 4.78 is 26.9. The van der Waals surface area contributed by atoms with Crippen LogP contribution in [0.2, 0.25) is 0 Å². The van der Waals surface area contributed by atoms with E-state index in [1.165, 1.54) is 132 Å². The monoisotopic (exact) mass is 1370 g/mol. The number of nitrogens with zero attached hydrogens (tertiary/aromatic N) is 2. The number of pyridine rings is 2. The first kappa shape index (κ1) is 59.4. The lowest BCUT2D eigenvalue weighted by atomic mass is 9.79. The van der Waals surface area contributed by atoms with E-state index >= 15 is 0 Å². The quantitative estimate of drug-likeness (QED) is 0.129. The number of halogens is 1. The fourth-order valence-corrected chi connectivity index (χ4v) is 18.0. The van der Waals surface area contributed by atoms with E-state index < -0.39 is 7.12 Å². The van der Waals surface area contributed by atoms with Gasteiger partial charge in [0.15, 0.2) is 0 Å². The maximum Gasteiger partial charge on any atom is 0.494 e. The van der Waals surface area contributed by atoms with E-state index in [0.717, 1.165) is 76.3 Å². The van der Waals surface area contributed by atoms with Gasteiger partial charge in [0.25, 0.3) is 0 Å². The molecule has 0 amide bonds. The molecule has 0 bridgehead atoms. The van der Waals surface area contributed by atoms with Gasteiger partial charge in [-0.3, -0.25) is 9.97 Å². The Kier molecular flexibility index (Phi) is 12.9. The van der Waals surface area contributed by atoms with E-state index in [2.05, 4.69) is 314 Å². The Hall–Kier alpha value is -11.5. The van der Waals surface area contributed by atoms with Crippen LogP contribution in [0.25, 0.3) is 165 Å². The largest absolute Gasteiger partial charge is 0.494 e. The van der Waals surface area contributed by atoms with Crippen LogP contribution in [0.5, 0.6) is 0 Å². The Bertz CT molecular complexity index is 6610. The van der Waals surface area contributed by atoms with Crippen molar-refractivity contribution in [3.8, 4) is 78.1 Å². The van der Waals surface area contributed by atoms with Gasteiger partial charge in [-0.15, -0.1) is 0 Å². The van der Waals surface area contributed by atoms with E-state index in [1.54, 1.807) is 0 Å². The van der Waals surface area contributed by atoms with Crippen molar-refractivity contribution in [2.45, 2.75) is 50.7 Å². The summed E-state index contributed by atoms with van der Waals surface area (Å²) in [5, 5.41) is 14.3. The number of rotatable bonds is 4. The van der Waals surface area contributed by atoms with Crippen LogP contribution in [0.15, 0.2) is 305 Å². The highest BCUT2D eigenvalue weighted by molar-refractivity contribution is 9.10. The van der Waals surface area contributed by atoms with Gasteiger partial charge in [0, 0.05) is 72.1 Å². The maximum absolute atomic E-state index is 6.76. The number of furan rings is 2. The van der Waals surface area contributed by atoms with Gasteiger partial charge in [-0.1, -0.05) is 216 Å². The Morgan fingerprint density at radius 3 is 1.20 bits per heavy atom. The second kappa shape index (κ2) is 22.2. The predicted molar refractivity (Wildman–Crippen MR) is 423 cm³/mol. The van der Waals surface area contributed by atoms with Crippen LogP contribution >= 0.6 is 15.9 Å². The third kappa shape index (κ3) is 8.80. The van der Waals surface area contributed by atoms with Gasteiger partial charge in [-0.25, -0.2) is 0 Å². The van der Waals surface area contributed by atoms with Crippen molar-refractivity contribution in [2.24, 2.45) is 0 Å². The molecule has 1 saturated heterocycles. The molecule has 0 saturated carbocycles. The molecule has 1 aliphatic heterocycles. The summed E-state index contributed by atoms with van der Waals surface area (Å²) in [6, 6.07) is 100. The van der Waals surface area contributed by atoms with Gasteiger partial charge in [-0.05, 0) is 233 Å². The summed E-state index contributed by atoms with van der Waals surface area (Å²) in [5.74, 6) is 0.625. The van der Waals surface area contributed by atoms with Crippen LogP contribution in [0.1, 0.15) is 72.9 Å². The van der Waals surface area contributed by atoms with Crippen LogP contribution < -0.4 is 5.46 Å². The van der Waals surface area contributed by atoms with Crippen molar-refractivity contribution >= 4 is 115 Å². The molecule has 2 atom stereocenters. The topological polar surface area (TPSA) is 70.5 Å². The van der Waals surface area contributed by atoms with Crippen LogP contribution in [-0.4, -0.2) is 28.3 Å². The molecule has 0 N–H and O–H groups in total. The Morgan fingerprint density at radius 1 is 0.314 bits per heavy atom. The normalized spacial score (nSPS) is 15.8. The zero-order chi connectivity index (χ0) is 67.9. The zero-order valence-electron chi connectivity index (χ0n) is 56.4. The van der Waals surface area contributed by atoms with E-state index in [1.807, 2.05) is 30.6 Å². The minimum Gasteiger partial charge on any atom is -0.455 e. The summed E-state index contributed by atoms with van der Waals surface area (Å²) in [4.78, 5) is 9.18. The molecule has 0 spiro atoms. The van der Waals surface area contributed by atoms with Crippen LogP contribution in [-0.2, 0) is 9.31 Å². The molecular weight excluding hydrogens is 1310 g/mol. The Labute approximate surface area is 597 Å². The predicted octanol–water partition coefficient (Wildman–Crippen LogP) is 24.6. The van der Waals surface area contributed by atoms with Crippen molar-refractivity contribution in [1.82, 2.24) is 9.97 Å². The first-order chi connectivity index (χ1) is 50.0. The molecule has 6 nitrogen and oxygen atoms in total. The summed E-state index contributed by atoms with van der Waals surface area (Å²) in [5.41, 5.74) is 29.9. The Morgan fingerprint density at radius 2 is 0.696 bits per heavy atom. The average Bonchev–Trinajstić information content (AvgIpc) is 1.55. The molecule has 0 radical (unpaired) electrons. The molecule has 1 fully saturated rings. The van der Waals surface area contributed by atoms with Crippen LogP contribution in [0.4, 0.5) is 0 Å². The molecule has 482 valence electrons. The highest BCUT2D eigenvalue weighted by Crippen LogP contribution is 2.61. The molecule has 102 heavy (non-hydrogen) atoms. The molecule has 5 heterocycles. The van der Waals surface area contributed by atoms with Crippen molar-refractivity contribution < 1.29 is 18.1 Å². The van der Waals surface area contributed by atoms with Gasteiger partial charge < -0.3 is 18.1 Å². The standard InChI is InChI=1S/C44H25NO.C26H23BO3.C24H14BrN/c1-5-13-32-28(9-1)29-10-3-6-14-34(29)44-43(32)35-19-16-25(24-40(35)46-44)27-22-37-30-11-2-4-12-31(30)41-33-18-17-26(39-15-7-8-20-45-39)21-36(33)38(23-27)42(37)41;1-25(2)26(3,4)30-27(29-25)16-13-14-21-22(15-16)28-24-20-12-8-6-10-18(20)17-9-5-7-11-19(17)23(21)24;25-15-12-20-16-5-1-2-6-17(16)23-18-9-8-14(22-7-3-4-10-26-22)11-19(18)21(13-15)24(20)23/h1-24,41H;5-15H,1-4H3;1-13,23H. The summed E-state index contributed by atoms with van der Waals surface area (Å²) in [7, 11) is -0.402. The van der Waals surface area contributed by atoms with Crippen molar-refractivity contribution in [3.05, 3.63) is 329 Å². The lowest BCUT2D eigenvalue weighted by molar-refractivity contribution is 0.00578. The maximum atomic E-state index is 6.76. The second-order valence-electron chi connectivity index (χ2n) is 28.8. The molecule has 5 aliphatic rings. The molecule has 14 aromatic carbocycles. The van der Waals surface area contributed by atoms with Gasteiger partial charge in [-0.2, -0.15) is 0 Å². The average molecular weight is 1370 g/mol. The Balaban J connectivity index is 0.000000105. The van der Waals surface area contributed by atoms with E-state index in [-0.39, 0.29) is 17.1 Å². The summed E-state index contributed by atoms with van der Waals surface area (Å²) in [6.07, 6.45) is 3.72. The van der Waals surface area contributed by atoms with E-state index in [4.69, 9.17) is 18.1 Å². The molecule has 4 aromatic heterocycles. The SMILES string of the molecule is Brc1cc2c3c(c1)-c1cc(-c4ccccn4)ccc1C3c1ccccc1-2.CC1(C)OB(c2ccc3c(c2)oc2c4ccccc4c4ccccc4c32)OC1(C)C.c1ccc(-c2ccc3c(c2)-c2cc(-c4ccc5c(c4)oc4c6ccccc6c6ccccc6c54)cc4c2C3c2ccccc2-4)nc1. The minimum atomic E-state index is -0.402. The van der Waals surface area contributed by atoms with Crippen LogP contribution in [0.3, 0.4) is 0 Å². The summed E-state index contributed by atoms with van der Waals surface area (Å²) in [6.45, 7) is 8.30. The van der Waals surface area contributed by atoms with Gasteiger partial charge in [0.05, 0.1) is 22.6 Å². The first-order valence-corrected chi connectivity index (χ1v) is 36.0. The molecule has 23 rings (SSSR count). The molecular formula is C94H62BBrN2O4. The molecule has 2 unspecified atom stereocenters. The van der Waals surface area contributed by atoms with E-state index in [9.17, 15) is 0 Å². The van der Waals surface area contributed by atoms with Crippen molar-refractivity contribution in [2.75, 3.05) is 0 Å². The zero-order valence-corrected chi connectivity index (χ0v) is 57.9. The van der Waals surface area contributed by atoms with Gasteiger partial charge in [0.2, 0.25) is 0 Å². The highest BCUT2D eigenvalue weighted by Gasteiger charge is 2.52. The molecule has 8 heteroatoms. The number of fused-ring (bicyclic) bond motifs is 28. The third-order valence-corrected chi connectivity index (χ3v) is 23.3.